The summed E-state index contributed by atoms with van der Waals surface area (Å²) >= 11 is 0. The Labute approximate surface area is 253 Å². The van der Waals surface area contributed by atoms with Crippen LogP contribution >= 0.6 is 0 Å². The van der Waals surface area contributed by atoms with E-state index in [9.17, 15) is 0 Å². The third-order valence-corrected chi connectivity index (χ3v) is 7.98. The summed E-state index contributed by atoms with van der Waals surface area (Å²) < 4.78 is 0. The van der Waals surface area contributed by atoms with Crippen molar-refractivity contribution in [2.24, 2.45) is 0 Å². The Morgan fingerprint density at radius 3 is 2.19 bits per heavy atom. The van der Waals surface area contributed by atoms with E-state index in [0.29, 0.717) is 0 Å². The summed E-state index contributed by atoms with van der Waals surface area (Å²) in [6.45, 7) is 19.1. The summed E-state index contributed by atoms with van der Waals surface area (Å²) in [6, 6.07) is 13.5. The van der Waals surface area contributed by atoms with Crippen LogP contribution in [-0.4, -0.2) is 0 Å². The monoisotopic (exact) mass is 548 g/mol. The molecule has 0 N–H and O–H groups in total. The largest absolute Gasteiger partial charge is 0.0984 e. The predicted octanol–water partition coefficient (Wildman–Crippen LogP) is 12.6. The number of fused-ring (bicyclic) bond motifs is 2. The molecule has 3 aromatic carbocycles. The molecule has 0 aliphatic heterocycles. The lowest BCUT2D eigenvalue weighted by Crippen LogP contribution is -2.05. The molecule has 212 valence electrons. The van der Waals surface area contributed by atoms with Crippen molar-refractivity contribution < 1.29 is 0 Å². The summed E-state index contributed by atoms with van der Waals surface area (Å²) in [6.07, 6.45) is 31.5. The highest BCUT2D eigenvalue weighted by Crippen LogP contribution is 2.45. The highest BCUT2D eigenvalue weighted by Gasteiger charge is 2.23. The molecule has 0 spiro atoms. The average Bonchev–Trinajstić information content (AvgIpc) is 3.03. The summed E-state index contributed by atoms with van der Waals surface area (Å²) in [4.78, 5) is 0. The standard InChI is InChI=1S/C42H44/c1-8-15-22-31(12-5)41-36-23-16-18-25-38(36)42(39-26-19-17-24-37(39)41)40-28-27-35(33(13-6)34(40)14-7)32(21-10-3)29-30(11-4)20-9-2/h9-16,18-23,25-29H,6-8,17,24H2,1-5H3/b20-9-,21-10-,22-15-,30-11+,31-12+,32-29-. The van der Waals surface area contributed by atoms with Gasteiger partial charge in [0.1, 0.15) is 0 Å². The van der Waals surface area contributed by atoms with Crippen LogP contribution in [0.25, 0.3) is 51.3 Å². The Bertz CT molecular complexity index is 1700. The lowest BCUT2D eigenvalue weighted by Gasteiger charge is -2.25. The van der Waals surface area contributed by atoms with E-state index < -0.39 is 0 Å². The van der Waals surface area contributed by atoms with Crippen molar-refractivity contribution in [3.63, 3.8) is 0 Å². The zero-order valence-electron chi connectivity index (χ0n) is 26.0. The SMILES string of the molecule is C=Cc1c(C(/C=C\C)=C\C(\C=C/C)=C\C)ccc(-c2c3c(c(C(/C=C\CC)=C/C)c4ccccc24)CCC=C3)c1C=C. The van der Waals surface area contributed by atoms with Crippen molar-refractivity contribution in [1.29, 1.82) is 0 Å². The van der Waals surface area contributed by atoms with E-state index in [1.807, 2.05) is 12.2 Å². The fraction of sp³-hybridized carbons (Fsp3) is 0.190. The Kier molecular flexibility index (Phi) is 10.5. The Hall–Kier alpha value is -4.42. The molecule has 0 heterocycles. The van der Waals surface area contributed by atoms with Gasteiger partial charge in [-0.25, -0.2) is 0 Å². The summed E-state index contributed by atoms with van der Waals surface area (Å²) in [5.74, 6) is 0. The van der Waals surface area contributed by atoms with Gasteiger partial charge in [0.05, 0.1) is 0 Å². The van der Waals surface area contributed by atoms with Crippen LogP contribution in [0.4, 0.5) is 0 Å². The van der Waals surface area contributed by atoms with Gasteiger partial charge in [0.2, 0.25) is 0 Å². The molecule has 3 aromatic rings. The van der Waals surface area contributed by atoms with Crippen LogP contribution in [0.2, 0.25) is 0 Å². The molecule has 0 saturated heterocycles. The zero-order valence-corrected chi connectivity index (χ0v) is 26.0. The quantitative estimate of drug-likeness (QED) is 0.221. The lowest BCUT2D eigenvalue weighted by atomic mass is 9.78. The normalized spacial score (nSPS) is 14.5. The maximum Gasteiger partial charge on any atom is -0.00235 e. The van der Waals surface area contributed by atoms with Crippen molar-refractivity contribution in [3.05, 3.63) is 149 Å². The summed E-state index contributed by atoms with van der Waals surface area (Å²) in [5.41, 5.74) is 13.6. The van der Waals surface area contributed by atoms with E-state index in [4.69, 9.17) is 0 Å². The number of rotatable bonds is 10. The molecule has 1 aliphatic rings. The van der Waals surface area contributed by atoms with E-state index in [0.717, 1.165) is 41.5 Å². The predicted molar refractivity (Wildman–Crippen MR) is 191 cm³/mol. The van der Waals surface area contributed by atoms with Gasteiger partial charge in [-0.3, -0.25) is 0 Å². The topological polar surface area (TPSA) is 0 Å². The van der Waals surface area contributed by atoms with Crippen molar-refractivity contribution in [2.45, 2.75) is 53.9 Å². The minimum absolute atomic E-state index is 1.02. The van der Waals surface area contributed by atoms with E-state index in [2.05, 4.69) is 151 Å². The molecule has 0 heteroatoms. The maximum absolute atomic E-state index is 4.32. The van der Waals surface area contributed by atoms with Gasteiger partial charge >= 0.3 is 0 Å². The van der Waals surface area contributed by atoms with Gasteiger partial charge in [0, 0.05) is 0 Å². The second kappa shape index (κ2) is 14.5. The molecule has 42 heavy (non-hydrogen) atoms. The fourth-order valence-corrected chi connectivity index (χ4v) is 6.11. The highest BCUT2D eigenvalue weighted by molar-refractivity contribution is 6.10. The molecule has 0 unspecified atom stereocenters. The molecule has 4 rings (SSSR count). The zero-order chi connectivity index (χ0) is 30.1. The first-order valence-corrected chi connectivity index (χ1v) is 15.2. The second-order valence-electron chi connectivity index (χ2n) is 10.5. The van der Waals surface area contributed by atoms with Gasteiger partial charge in [0.25, 0.3) is 0 Å². The molecule has 0 amide bonds. The first kappa shape index (κ1) is 30.5. The van der Waals surface area contributed by atoms with Gasteiger partial charge in [0.15, 0.2) is 0 Å². The van der Waals surface area contributed by atoms with Gasteiger partial charge in [-0.15, -0.1) is 0 Å². The Balaban J connectivity index is 2.11. The van der Waals surface area contributed by atoms with Crippen LogP contribution in [0.5, 0.6) is 0 Å². The first-order valence-electron chi connectivity index (χ1n) is 15.2. The van der Waals surface area contributed by atoms with Crippen LogP contribution in [0.15, 0.2) is 116 Å². The smallest absolute Gasteiger partial charge is 0.00235 e. The summed E-state index contributed by atoms with van der Waals surface area (Å²) in [5, 5.41) is 2.56. The van der Waals surface area contributed by atoms with E-state index in [-0.39, 0.29) is 0 Å². The van der Waals surface area contributed by atoms with Crippen LogP contribution in [0.3, 0.4) is 0 Å². The molecule has 0 atom stereocenters. The van der Waals surface area contributed by atoms with Crippen LogP contribution in [0, 0.1) is 0 Å². The number of allylic oxidation sites excluding steroid dienone is 13. The fourth-order valence-electron chi connectivity index (χ4n) is 6.11. The van der Waals surface area contributed by atoms with Crippen molar-refractivity contribution in [2.75, 3.05) is 0 Å². The van der Waals surface area contributed by atoms with Gasteiger partial charge in [-0.1, -0.05) is 129 Å². The summed E-state index contributed by atoms with van der Waals surface area (Å²) in [7, 11) is 0. The van der Waals surface area contributed by atoms with E-state index in [1.54, 1.807) is 0 Å². The van der Waals surface area contributed by atoms with Crippen molar-refractivity contribution in [1.82, 2.24) is 0 Å². The van der Waals surface area contributed by atoms with Crippen LogP contribution in [0.1, 0.15) is 80.8 Å². The molecule has 0 aromatic heterocycles. The third-order valence-electron chi connectivity index (χ3n) is 7.98. The van der Waals surface area contributed by atoms with E-state index >= 15 is 0 Å². The second-order valence-corrected chi connectivity index (χ2v) is 10.5. The number of benzene rings is 3. The first-order chi connectivity index (χ1) is 20.6. The maximum atomic E-state index is 4.32. The number of hydrogen-bond donors (Lipinski definition) is 0. The Morgan fingerprint density at radius 1 is 0.810 bits per heavy atom. The molecular weight excluding hydrogens is 504 g/mol. The van der Waals surface area contributed by atoms with Crippen molar-refractivity contribution >= 4 is 40.1 Å². The van der Waals surface area contributed by atoms with Gasteiger partial charge in [-0.05, 0) is 125 Å². The molecular formula is C42H44. The van der Waals surface area contributed by atoms with E-state index in [1.165, 1.54) is 49.7 Å². The molecule has 0 bridgehead atoms. The molecule has 0 fully saturated rings. The average molecular weight is 549 g/mol. The minimum Gasteiger partial charge on any atom is -0.0984 e. The van der Waals surface area contributed by atoms with Gasteiger partial charge in [-0.2, -0.15) is 0 Å². The molecule has 0 radical (unpaired) electrons. The number of hydrogen-bond acceptors (Lipinski definition) is 0. The minimum atomic E-state index is 1.02. The van der Waals surface area contributed by atoms with Crippen LogP contribution in [-0.2, 0) is 6.42 Å². The van der Waals surface area contributed by atoms with Crippen LogP contribution < -0.4 is 0 Å². The Morgan fingerprint density at radius 2 is 1.55 bits per heavy atom. The van der Waals surface area contributed by atoms with Crippen molar-refractivity contribution in [3.8, 4) is 11.1 Å². The molecule has 0 saturated carbocycles. The third kappa shape index (κ3) is 5.95. The molecule has 1 aliphatic carbocycles. The lowest BCUT2D eigenvalue weighted by molar-refractivity contribution is 0.985. The molecule has 0 nitrogen and oxygen atoms in total. The highest BCUT2D eigenvalue weighted by atomic mass is 14.3. The van der Waals surface area contributed by atoms with Gasteiger partial charge < -0.3 is 0 Å².